The maximum atomic E-state index is 13.2. The maximum Gasteiger partial charge on any atom is 0.322 e. The van der Waals surface area contributed by atoms with E-state index in [1.165, 1.54) is 12.0 Å². The van der Waals surface area contributed by atoms with Crippen LogP contribution in [0.25, 0.3) is 0 Å². The van der Waals surface area contributed by atoms with Crippen LogP contribution in [0.2, 0.25) is 0 Å². The fourth-order valence-corrected chi connectivity index (χ4v) is 4.92. The molecule has 41 heavy (non-hydrogen) atoms. The van der Waals surface area contributed by atoms with Gasteiger partial charge >= 0.3 is 6.03 Å². The zero-order valence-electron chi connectivity index (χ0n) is 23.0. The van der Waals surface area contributed by atoms with Gasteiger partial charge in [-0.25, -0.2) is 4.79 Å². The van der Waals surface area contributed by atoms with Crippen molar-refractivity contribution < 1.29 is 28.7 Å². The first-order valence-electron chi connectivity index (χ1n) is 13.1. The van der Waals surface area contributed by atoms with E-state index in [0.29, 0.717) is 47.0 Å². The topological polar surface area (TPSA) is 129 Å². The molecule has 0 aliphatic carbocycles. The van der Waals surface area contributed by atoms with Crippen LogP contribution in [0.4, 0.5) is 4.79 Å². The molecule has 11 heteroatoms. The minimum absolute atomic E-state index is 0.0639. The van der Waals surface area contributed by atoms with Crippen LogP contribution >= 0.6 is 0 Å². The number of fused-ring (bicyclic) bond motifs is 1. The summed E-state index contributed by atoms with van der Waals surface area (Å²) in [7, 11) is 5.40. The van der Waals surface area contributed by atoms with E-state index in [9.17, 15) is 19.2 Å². The molecule has 3 aromatic carbocycles. The van der Waals surface area contributed by atoms with E-state index in [1.807, 2.05) is 25.1 Å². The highest BCUT2D eigenvalue weighted by molar-refractivity contribution is 6.08. The number of rotatable bonds is 10. The number of amides is 5. The molecule has 3 aromatic rings. The summed E-state index contributed by atoms with van der Waals surface area (Å²) in [4.78, 5) is 54.6. The molecule has 1 fully saturated rings. The second-order valence-corrected chi connectivity index (χ2v) is 10.2. The number of benzene rings is 3. The predicted octanol–water partition coefficient (Wildman–Crippen LogP) is 2.47. The van der Waals surface area contributed by atoms with Crippen molar-refractivity contribution in [2.24, 2.45) is 0 Å². The van der Waals surface area contributed by atoms with Crippen LogP contribution in [0.1, 0.15) is 31.8 Å². The van der Waals surface area contributed by atoms with Crippen molar-refractivity contribution in [3.8, 4) is 17.2 Å². The summed E-state index contributed by atoms with van der Waals surface area (Å²) < 4.78 is 11.2. The molecule has 3 N–H and O–H groups in total. The van der Waals surface area contributed by atoms with Gasteiger partial charge < -0.3 is 29.9 Å². The predicted molar refractivity (Wildman–Crippen MR) is 150 cm³/mol. The van der Waals surface area contributed by atoms with Crippen LogP contribution in [0, 0.1) is 0 Å². The minimum Gasteiger partial charge on any atom is -0.497 e. The van der Waals surface area contributed by atoms with Crippen molar-refractivity contribution in [3.05, 3.63) is 89.0 Å². The number of methoxy groups -OCH3 is 1. The van der Waals surface area contributed by atoms with Gasteiger partial charge in [0.2, 0.25) is 0 Å². The van der Waals surface area contributed by atoms with E-state index in [-0.39, 0.29) is 18.4 Å². The van der Waals surface area contributed by atoms with Gasteiger partial charge in [-0.2, -0.15) is 0 Å². The van der Waals surface area contributed by atoms with Gasteiger partial charge in [0.05, 0.1) is 13.7 Å². The van der Waals surface area contributed by atoms with Crippen LogP contribution in [-0.4, -0.2) is 74.4 Å². The molecule has 2 aliphatic heterocycles. The van der Waals surface area contributed by atoms with Gasteiger partial charge in [-0.3, -0.25) is 19.7 Å². The molecule has 11 nitrogen and oxygen atoms in total. The van der Waals surface area contributed by atoms with Gasteiger partial charge in [0.1, 0.15) is 17.2 Å². The summed E-state index contributed by atoms with van der Waals surface area (Å²) in [5, 5.41) is 7.92. The second kappa shape index (κ2) is 11.3. The van der Waals surface area contributed by atoms with Gasteiger partial charge in [0.15, 0.2) is 5.54 Å². The normalized spacial score (nSPS) is 17.8. The van der Waals surface area contributed by atoms with E-state index in [4.69, 9.17) is 9.47 Å². The second-order valence-electron chi connectivity index (χ2n) is 10.2. The average Bonchev–Trinajstić information content (AvgIpc) is 3.42. The Morgan fingerprint density at radius 1 is 1.00 bits per heavy atom. The molecule has 2 heterocycles. The lowest BCUT2D eigenvalue weighted by molar-refractivity contribution is -0.124. The van der Waals surface area contributed by atoms with Crippen LogP contribution in [0.15, 0.2) is 66.7 Å². The van der Waals surface area contributed by atoms with Gasteiger partial charge in [-0.15, -0.1) is 0 Å². The Morgan fingerprint density at radius 2 is 1.76 bits per heavy atom. The number of likely N-dealkylation sites (N-methyl/N-ethyl adjacent to an activating group) is 1. The molecule has 0 unspecified atom stereocenters. The van der Waals surface area contributed by atoms with Crippen molar-refractivity contribution in [2.75, 3.05) is 40.8 Å². The summed E-state index contributed by atoms with van der Waals surface area (Å²) in [5.74, 6) is 0.496. The summed E-state index contributed by atoms with van der Waals surface area (Å²) in [6.07, 6.45) is 0. The number of ether oxygens (including phenoxy) is 2. The molecule has 5 amide bonds. The number of nitrogens with zero attached hydrogens (tertiary/aromatic N) is 2. The molecule has 2 aliphatic rings. The SMILES string of the molecule is COc1ccc2c(c1)C(=O)N(C[C@@]1(c3ccc(Oc4cccc(C(=O)NCCN(C)C)c4)cc3)NC(=O)NC1=O)C2. The molecule has 0 aromatic heterocycles. The molecule has 1 saturated heterocycles. The Morgan fingerprint density at radius 3 is 2.44 bits per heavy atom. The van der Waals surface area contributed by atoms with Gasteiger partial charge in [0, 0.05) is 30.8 Å². The van der Waals surface area contributed by atoms with Crippen LogP contribution in [-0.2, 0) is 16.9 Å². The number of imide groups is 1. The van der Waals surface area contributed by atoms with E-state index in [1.54, 1.807) is 60.7 Å². The highest BCUT2D eigenvalue weighted by atomic mass is 16.5. The number of hydrogen-bond acceptors (Lipinski definition) is 7. The molecular formula is C30H31N5O6. The Bertz CT molecular complexity index is 1510. The van der Waals surface area contributed by atoms with Crippen LogP contribution in [0.3, 0.4) is 0 Å². The van der Waals surface area contributed by atoms with E-state index in [0.717, 1.165) is 12.1 Å². The maximum absolute atomic E-state index is 13.2. The first kappa shape index (κ1) is 27.7. The van der Waals surface area contributed by atoms with Gasteiger partial charge in [-0.1, -0.05) is 24.3 Å². The number of hydrogen-bond donors (Lipinski definition) is 3. The standard InChI is InChI=1S/C30H31N5O6/c1-34(2)14-13-31-26(36)19-5-4-6-24(15-19)41-22-11-8-21(9-12-22)30(28(38)32-29(39)33-30)18-35-17-20-7-10-23(40-3)16-25(20)27(35)37/h4-12,15-16H,13-14,17-18H2,1-3H3,(H,31,36)(H2,32,33,38,39)/t30-/m0/s1. The van der Waals surface area contributed by atoms with Crippen molar-refractivity contribution in [2.45, 2.75) is 12.1 Å². The largest absolute Gasteiger partial charge is 0.497 e. The summed E-state index contributed by atoms with van der Waals surface area (Å²) >= 11 is 0. The van der Waals surface area contributed by atoms with Crippen molar-refractivity contribution in [1.82, 2.24) is 25.8 Å². The Balaban J connectivity index is 1.33. The zero-order valence-corrected chi connectivity index (χ0v) is 23.0. The number of carbonyl (C=O) groups excluding carboxylic acids is 4. The molecule has 0 bridgehead atoms. The fourth-order valence-electron chi connectivity index (χ4n) is 4.92. The lowest BCUT2D eigenvalue weighted by Gasteiger charge is -2.31. The minimum atomic E-state index is -1.48. The number of nitrogens with one attached hydrogen (secondary N) is 3. The molecular weight excluding hydrogens is 526 g/mol. The van der Waals surface area contributed by atoms with Crippen LogP contribution in [0.5, 0.6) is 17.2 Å². The number of carbonyl (C=O) groups is 4. The zero-order chi connectivity index (χ0) is 29.1. The Labute approximate surface area is 237 Å². The Kier molecular flexibility index (Phi) is 7.62. The molecule has 1 atom stereocenters. The third kappa shape index (κ3) is 5.71. The molecule has 0 radical (unpaired) electrons. The quantitative estimate of drug-likeness (QED) is 0.327. The molecule has 5 rings (SSSR count). The van der Waals surface area contributed by atoms with E-state index >= 15 is 0 Å². The monoisotopic (exact) mass is 557 g/mol. The highest BCUT2D eigenvalue weighted by Crippen LogP contribution is 2.33. The van der Waals surface area contributed by atoms with E-state index in [2.05, 4.69) is 16.0 Å². The molecule has 212 valence electrons. The highest BCUT2D eigenvalue weighted by Gasteiger charge is 2.50. The summed E-state index contributed by atoms with van der Waals surface area (Å²) in [6.45, 7) is 1.48. The van der Waals surface area contributed by atoms with Gasteiger partial charge in [-0.05, 0) is 67.7 Å². The Hall–Kier alpha value is -4.90. The van der Waals surface area contributed by atoms with Crippen molar-refractivity contribution >= 4 is 23.8 Å². The van der Waals surface area contributed by atoms with Gasteiger partial charge in [0.25, 0.3) is 17.7 Å². The lowest BCUT2D eigenvalue weighted by Crippen LogP contribution is -2.52. The van der Waals surface area contributed by atoms with Crippen molar-refractivity contribution in [3.63, 3.8) is 0 Å². The van der Waals surface area contributed by atoms with Crippen molar-refractivity contribution in [1.29, 1.82) is 0 Å². The lowest BCUT2D eigenvalue weighted by atomic mass is 9.89. The smallest absolute Gasteiger partial charge is 0.322 e. The summed E-state index contributed by atoms with van der Waals surface area (Å²) in [5.41, 5.74) is 0.788. The third-order valence-electron chi connectivity index (χ3n) is 7.09. The van der Waals surface area contributed by atoms with E-state index < -0.39 is 17.5 Å². The first-order chi connectivity index (χ1) is 19.7. The third-order valence-corrected chi connectivity index (χ3v) is 7.09. The molecule has 0 spiro atoms. The first-order valence-corrected chi connectivity index (χ1v) is 13.1. The molecule has 0 saturated carbocycles. The number of urea groups is 1. The average molecular weight is 558 g/mol. The van der Waals surface area contributed by atoms with Crippen LogP contribution < -0.4 is 25.4 Å². The summed E-state index contributed by atoms with van der Waals surface area (Å²) in [6, 6.07) is 18.2. The fraction of sp³-hybridized carbons (Fsp3) is 0.267.